The smallest absolute Gasteiger partial charge is 0.139 e. The van der Waals surface area contributed by atoms with Crippen molar-refractivity contribution >= 4 is 11.5 Å². The molecule has 2 aromatic heterocycles. The van der Waals surface area contributed by atoms with E-state index in [0.717, 1.165) is 17.2 Å². The van der Waals surface area contributed by atoms with Gasteiger partial charge in [0.25, 0.3) is 0 Å². The first-order valence-electron chi connectivity index (χ1n) is 10.7. The van der Waals surface area contributed by atoms with Crippen LogP contribution in [0.15, 0.2) is 36.4 Å². The van der Waals surface area contributed by atoms with E-state index >= 15 is 0 Å². The second-order valence-corrected chi connectivity index (χ2v) is 9.48. The number of pyridine rings is 1. The maximum atomic E-state index is 5.06. The van der Waals surface area contributed by atoms with Crippen molar-refractivity contribution in [3.05, 3.63) is 53.2 Å². The van der Waals surface area contributed by atoms with Crippen LogP contribution in [0.1, 0.15) is 69.7 Å². The monoisotopic (exact) mass is 375 g/mol. The Morgan fingerprint density at radius 2 is 1.64 bits per heavy atom. The molecule has 1 aromatic carbocycles. The normalized spacial score (nSPS) is 15.9. The summed E-state index contributed by atoms with van der Waals surface area (Å²) in [5.74, 6) is 1.16. The summed E-state index contributed by atoms with van der Waals surface area (Å²) in [4.78, 5) is 5.06. The predicted molar refractivity (Wildman–Crippen MR) is 119 cm³/mol. The van der Waals surface area contributed by atoms with Crippen LogP contribution < -0.4 is 5.32 Å². The number of rotatable bonds is 3. The summed E-state index contributed by atoms with van der Waals surface area (Å²) in [7, 11) is 0. The molecule has 0 amide bonds. The van der Waals surface area contributed by atoms with Crippen LogP contribution in [-0.4, -0.2) is 15.4 Å². The van der Waals surface area contributed by atoms with Crippen molar-refractivity contribution in [1.29, 1.82) is 0 Å². The van der Waals surface area contributed by atoms with E-state index in [1.807, 2.05) is 0 Å². The van der Waals surface area contributed by atoms with Crippen LogP contribution >= 0.6 is 0 Å². The van der Waals surface area contributed by atoms with Gasteiger partial charge < -0.3 is 5.32 Å². The number of hydrogen-bond donors (Lipinski definition) is 1. The average molecular weight is 376 g/mol. The molecular formula is C25H33N3. The number of nitrogens with one attached hydrogen (secondary N) is 1. The van der Waals surface area contributed by atoms with E-state index in [9.17, 15) is 0 Å². The van der Waals surface area contributed by atoms with Gasteiger partial charge in [-0.15, -0.1) is 0 Å². The summed E-state index contributed by atoms with van der Waals surface area (Å²) in [5, 5.41) is 3.88. The van der Waals surface area contributed by atoms with E-state index in [1.165, 1.54) is 54.5 Å². The molecule has 0 bridgehead atoms. The van der Waals surface area contributed by atoms with Crippen molar-refractivity contribution in [2.75, 3.05) is 5.32 Å². The Labute approximate surface area is 169 Å². The first kappa shape index (κ1) is 19.0. The molecule has 2 heterocycles. The summed E-state index contributed by atoms with van der Waals surface area (Å²) >= 11 is 0. The second-order valence-electron chi connectivity index (χ2n) is 9.48. The molecule has 0 spiro atoms. The average Bonchev–Trinajstić information content (AvgIpc) is 3.00. The third kappa shape index (κ3) is 3.67. The minimum Gasteiger partial charge on any atom is -0.367 e. The number of aryl methyl sites for hydroxylation is 2. The molecule has 1 saturated carbocycles. The summed E-state index contributed by atoms with van der Waals surface area (Å²) < 4.78 is 2.30. The van der Waals surface area contributed by atoms with E-state index < -0.39 is 0 Å². The van der Waals surface area contributed by atoms with Crippen LogP contribution in [0.5, 0.6) is 0 Å². The standard InChI is InChI=1S/C25H33N3/c1-17-15-18(2)28-22(16-17)27-23(24(28)26-21-9-7-6-8-10-21)19-11-13-20(14-12-19)25(3,4)5/h11-16,21,26H,6-10H2,1-5H3. The highest BCUT2D eigenvalue weighted by molar-refractivity contribution is 5.77. The molecule has 1 aliphatic rings. The molecule has 0 atom stereocenters. The molecule has 3 nitrogen and oxygen atoms in total. The van der Waals surface area contributed by atoms with Crippen molar-refractivity contribution in [3.8, 4) is 11.3 Å². The van der Waals surface area contributed by atoms with Crippen molar-refractivity contribution in [2.45, 2.75) is 78.2 Å². The topological polar surface area (TPSA) is 29.3 Å². The Kier molecular flexibility index (Phi) is 4.95. The Bertz CT molecular complexity index is 968. The summed E-state index contributed by atoms with van der Waals surface area (Å²) in [5.41, 5.74) is 7.30. The summed E-state index contributed by atoms with van der Waals surface area (Å²) in [6, 6.07) is 13.9. The van der Waals surface area contributed by atoms with E-state index in [4.69, 9.17) is 4.98 Å². The second kappa shape index (κ2) is 7.27. The highest BCUT2D eigenvalue weighted by Gasteiger charge is 2.21. The largest absolute Gasteiger partial charge is 0.367 e. The van der Waals surface area contributed by atoms with Gasteiger partial charge in [0, 0.05) is 17.3 Å². The van der Waals surface area contributed by atoms with E-state index in [2.05, 4.69) is 80.7 Å². The molecule has 0 unspecified atom stereocenters. The van der Waals surface area contributed by atoms with E-state index in [0.29, 0.717) is 6.04 Å². The zero-order valence-corrected chi connectivity index (χ0v) is 18.0. The van der Waals surface area contributed by atoms with Gasteiger partial charge in [0.15, 0.2) is 0 Å². The predicted octanol–water partition coefficient (Wildman–Crippen LogP) is 6.66. The minimum atomic E-state index is 0.161. The number of aromatic nitrogens is 2. The molecule has 4 rings (SSSR count). The zero-order valence-electron chi connectivity index (χ0n) is 18.0. The fraction of sp³-hybridized carbons (Fsp3) is 0.480. The molecular weight excluding hydrogens is 342 g/mol. The first-order valence-corrected chi connectivity index (χ1v) is 10.7. The molecule has 1 fully saturated rings. The van der Waals surface area contributed by atoms with Gasteiger partial charge in [-0.05, 0) is 55.4 Å². The molecule has 3 heteroatoms. The third-order valence-corrected chi connectivity index (χ3v) is 6.02. The molecule has 148 valence electrons. The Hall–Kier alpha value is -2.29. The lowest BCUT2D eigenvalue weighted by molar-refractivity contribution is 0.461. The maximum Gasteiger partial charge on any atom is 0.139 e. The van der Waals surface area contributed by atoms with Crippen molar-refractivity contribution in [1.82, 2.24) is 9.38 Å². The van der Waals surface area contributed by atoms with Crippen LogP contribution in [0.4, 0.5) is 5.82 Å². The van der Waals surface area contributed by atoms with Gasteiger partial charge in [-0.3, -0.25) is 4.40 Å². The highest BCUT2D eigenvalue weighted by atomic mass is 15.2. The quantitative estimate of drug-likeness (QED) is 0.554. The Morgan fingerprint density at radius 1 is 0.964 bits per heavy atom. The first-order chi connectivity index (χ1) is 13.3. The van der Waals surface area contributed by atoms with Crippen LogP contribution in [0.2, 0.25) is 0 Å². The molecule has 3 aromatic rings. The summed E-state index contributed by atoms with van der Waals surface area (Å²) in [6.07, 6.45) is 6.51. The number of nitrogens with zero attached hydrogens (tertiary/aromatic N) is 2. The van der Waals surface area contributed by atoms with Gasteiger partial charge in [0.05, 0.1) is 0 Å². The zero-order chi connectivity index (χ0) is 19.9. The Balaban J connectivity index is 1.82. The number of imidazole rings is 1. The third-order valence-electron chi connectivity index (χ3n) is 6.02. The number of hydrogen-bond acceptors (Lipinski definition) is 2. The minimum absolute atomic E-state index is 0.161. The lowest BCUT2D eigenvalue weighted by atomic mass is 9.86. The van der Waals surface area contributed by atoms with E-state index in [-0.39, 0.29) is 5.41 Å². The van der Waals surface area contributed by atoms with Gasteiger partial charge in [-0.25, -0.2) is 4.98 Å². The molecule has 28 heavy (non-hydrogen) atoms. The number of fused-ring (bicyclic) bond motifs is 1. The molecule has 0 saturated heterocycles. The van der Waals surface area contributed by atoms with E-state index in [1.54, 1.807) is 0 Å². The highest BCUT2D eigenvalue weighted by Crippen LogP contribution is 2.34. The molecule has 0 aliphatic heterocycles. The van der Waals surface area contributed by atoms with Crippen LogP contribution in [0, 0.1) is 13.8 Å². The molecule has 1 N–H and O–H groups in total. The fourth-order valence-electron chi connectivity index (χ4n) is 4.43. The van der Waals surface area contributed by atoms with Crippen LogP contribution in [-0.2, 0) is 5.41 Å². The van der Waals surface area contributed by atoms with Gasteiger partial charge in [0.1, 0.15) is 17.2 Å². The van der Waals surface area contributed by atoms with Crippen molar-refractivity contribution < 1.29 is 0 Å². The van der Waals surface area contributed by atoms with Crippen LogP contribution in [0.25, 0.3) is 16.9 Å². The maximum absolute atomic E-state index is 5.06. The SMILES string of the molecule is Cc1cc(C)n2c(NC3CCCCC3)c(-c3ccc(C(C)(C)C)cc3)nc2c1. The Morgan fingerprint density at radius 3 is 2.29 bits per heavy atom. The van der Waals surface area contributed by atoms with Crippen molar-refractivity contribution in [3.63, 3.8) is 0 Å². The molecule has 1 aliphatic carbocycles. The fourth-order valence-corrected chi connectivity index (χ4v) is 4.43. The molecule has 0 radical (unpaired) electrons. The summed E-state index contributed by atoms with van der Waals surface area (Å²) in [6.45, 7) is 11.1. The number of anilines is 1. The van der Waals surface area contributed by atoms with Crippen molar-refractivity contribution in [2.24, 2.45) is 0 Å². The van der Waals surface area contributed by atoms with Gasteiger partial charge in [-0.2, -0.15) is 0 Å². The van der Waals surface area contributed by atoms with Crippen LogP contribution in [0.3, 0.4) is 0 Å². The van der Waals surface area contributed by atoms with Gasteiger partial charge in [-0.1, -0.05) is 64.3 Å². The van der Waals surface area contributed by atoms with Gasteiger partial charge >= 0.3 is 0 Å². The lowest BCUT2D eigenvalue weighted by Gasteiger charge is -2.24. The number of benzene rings is 1. The van der Waals surface area contributed by atoms with Gasteiger partial charge in [0.2, 0.25) is 0 Å². The lowest BCUT2D eigenvalue weighted by Crippen LogP contribution is -2.23.